The van der Waals surface area contributed by atoms with Gasteiger partial charge in [-0.2, -0.15) is 13.2 Å². The highest BCUT2D eigenvalue weighted by atomic mass is 32.2. The van der Waals surface area contributed by atoms with Crippen LogP contribution in [0.25, 0.3) is 10.2 Å². The molecule has 2 atom stereocenters. The summed E-state index contributed by atoms with van der Waals surface area (Å²) in [6.45, 7) is 4.25. The van der Waals surface area contributed by atoms with Gasteiger partial charge in [-0.25, -0.2) is 23.2 Å². The van der Waals surface area contributed by atoms with Gasteiger partial charge < -0.3 is 15.2 Å². The molecule has 1 unspecified atom stereocenters. The molecule has 4 aromatic rings. The van der Waals surface area contributed by atoms with Crippen LogP contribution < -0.4 is 15.2 Å². The Labute approximate surface area is 237 Å². The Kier molecular flexibility index (Phi) is 8.96. The molecular formula is C25H27F3N6O5S2. The summed E-state index contributed by atoms with van der Waals surface area (Å²) in [5, 5.41) is 26.0. The molecule has 0 amide bonds. The van der Waals surface area contributed by atoms with Crippen molar-refractivity contribution < 1.29 is 36.2 Å². The van der Waals surface area contributed by atoms with Crippen molar-refractivity contribution in [2.75, 3.05) is 6.54 Å². The smallest absolute Gasteiger partial charge is 0.416 e. The Morgan fingerprint density at radius 3 is 2.51 bits per heavy atom. The average molecular weight is 613 g/mol. The van der Waals surface area contributed by atoms with Gasteiger partial charge in [0.25, 0.3) is 10.0 Å². The molecule has 0 aliphatic heterocycles. The van der Waals surface area contributed by atoms with Crippen molar-refractivity contribution in [2.45, 2.75) is 49.5 Å². The van der Waals surface area contributed by atoms with Gasteiger partial charge in [-0.05, 0) is 41.8 Å². The van der Waals surface area contributed by atoms with E-state index in [0.717, 1.165) is 23.5 Å². The second-order valence-electron chi connectivity index (χ2n) is 9.62. The molecule has 0 aliphatic rings. The Balaban J connectivity index is 1.43. The minimum Gasteiger partial charge on any atom is -0.487 e. The summed E-state index contributed by atoms with van der Waals surface area (Å²) < 4.78 is 69.8. The van der Waals surface area contributed by atoms with E-state index in [1.54, 1.807) is 29.1 Å². The molecule has 0 saturated carbocycles. The fourth-order valence-corrected chi connectivity index (χ4v) is 5.76. The van der Waals surface area contributed by atoms with E-state index in [1.165, 1.54) is 12.1 Å². The molecule has 0 saturated heterocycles. The van der Waals surface area contributed by atoms with Crippen molar-refractivity contribution in [1.82, 2.24) is 25.3 Å². The Morgan fingerprint density at radius 2 is 1.90 bits per heavy atom. The standard InChI is InChI=1S/C25H27F3N6O5S2/c1-14(2)21(11-30-20(10-23(35)36)15-3-5-16(6-4-15)25(26,27)28)34-12-17(32-33-34)13-39-18-7-8-19-22(9-18)40-24(31-19)41(29,37)38/h3-9,12,14,20-21,30H,10-11,13H2,1-2H3,(H,35,36)(H2,29,37,38)/t20?,21-/m1/s1. The van der Waals surface area contributed by atoms with Gasteiger partial charge in [-0.1, -0.05) is 31.2 Å². The van der Waals surface area contributed by atoms with Gasteiger partial charge in [-0.3, -0.25) is 4.79 Å². The van der Waals surface area contributed by atoms with Crippen LogP contribution in [0.5, 0.6) is 5.75 Å². The number of rotatable bonds is 12. The third-order valence-corrected chi connectivity index (χ3v) is 8.57. The van der Waals surface area contributed by atoms with Crippen molar-refractivity contribution in [3.63, 3.8) is 0 Å². The highest BCUT2D eigenvalue weighted by Gasteiger charge is 2.30. The summed E-state index contributed by atoms with van der Waals surface area (Å²) in [5.41, 5.74) is 0.592. The molecule has 0 aliphatic carbocycles. The number of carbonyl (C=O) groups is 1. The maximum Gasteiger partial charge on any atom is 0.416 e. The lowest BCUT2D eigenvalue weighted by atomic mass is 9.99. The summed E-state index contributed by atoms with van der Waals surface area (Å²) in [5.74, 6) is -0.592. The fourth-order valence-electron chi connectivity index (χ4n) is 4.08. The number of fused-ring (bicyclic) bond motifs is 1. The zero-order valence-corrected chi connectivity index (χ0v) is 23.5. The van der Waals surface area contributed by atoms with Crippen molar-refractivity contribution in [3.8, 4) is 5.75 Å². The molecule has 4 N–H and O–H groups in total. The Hall–Kier alpha value is -3.60. The molecule has 2 heterocycles. The quantitative estimate of drug-likeness (QED) is 0.213. The van der Waals surface area contributed by atoms with E-state index in [0.29, 0.717) is 27.2 Å². The third-order valence-electron chi connectivity index (χ3n) is 6.23. The largest absolute Gasteiger partial charge is 0.487 e. The molecule has 41 heavy (non-hydrogen) atoms. The third kappa shape index (κ3) is 7.78. The van der Waals surface area contributed by atoms with Crippen LogP contribution in [0, 0.1) is 5.92 Å². The molecule has 220 valence electrons. The summed E-state index contributed by atoms with van der Waals surface area (Å²) in [4.78, 5) is 15.5. The van der Waals surface area contributed by atoms with Crippen molar-refractivity contribution in [1.29, 1.82) is 0 Å². The van der Waals surface area contributed by atoms with E-state index < -0.39 is 33.8 Å². The van der Waals surface area contributed by atoms with Crippen LogP contribution in [0.1, 0.15) is 49.2 Å². The molecule has 2 aromatic carbocycles. The van der Waals surface area contributed by atoms with E-state index in [2.05, 4.69) is 20.6 Å². The number of nitrogens with zero attached hydrogens (tertiary/aromatic N) is 4. The van der Waals surface area contributed by atoms with Crippen molar-refractivity contribution >= 4 is 37.5 Å². The zero-order valence-electron chi connectivity index (χ0n) is 21.9. The second-order valence-corrected chi connectivity index (χ2v) is 12.4. The monoisotopic (exact) mass is 612 g/mol. The number of alkyl halides is 3. The molecule has 0 spiro atoms. The highest BCUT2D eigenvalue weighted by molar-refractivity contribution is 7.91. The van der Waals surface area contributed by atoms with Gasteiger partial charge in [0.2, 0.25) is 4.34 Å². The number of aromatic nitrogens is 4. The first kappa shape index (κ1) is 30.4. The summed E-state index contributed by atoms with van der Waals surface area (Å²) >= 11 is 0.933. The molecule has 16 heteroatoms. The Bertz CT molecular complexity index is 1620. The summed E-state index contributed by atoms with van der Waals surface area (Å²) in [6.07, 6.45) is -3.12. The van der Waals surface area contributed by atoms with E-state index in [1.807, 2.05) is 13.8 Å². The van der Waals surface area contributed by atoms with Gasteiger partial charge in [0.15, 0.2) is 0 Å². The molecular weight excluding hydrogens is 585 g/mol. The first-order chi connectivity index (χ1) is 19.2. The van der Waals surface area contributed by atoms with Crippen LogP contribution in [-0.2, 0) is 27.6 Å². The number of sulfonamides is 1. The van der Waals surface area contributed by atoms with E-state index in [-0.39, 0.29) is 35.9 Å². The fraction of sp³-hybridized carbons (Fsp3) is 0.360. The number of benzene rings is 2. The topological polar surface area (TPSA) is 162 Å². The van der Waals surface area contributed by atoms with Crippen molar-refractivity contribution in [3.05, 3.63) is 65.5 Å². The van der Waals surface area contributed by atoms with Crippen LogP contribution in [-0.4, -0.2) is 46.0 Å². The first-order valence-electron chi connectivity index (χ1n) is 12.3. The molecule has 4 rings (SSSR count). The van der Waals surface area contributed by atoms with Crippen LogP contribution in [0.4, 0.5) is 13.2 Å². The van der Waals surface area contributed by atoms with Crippen LogP contribution >= 0.6 is 11.3 Å². The normalized spacial score (nSPS) is 13.9. The van der Waals surface area contributed by atoms with Gasteiger partial charge in [-0.15, -0.1) is 16.4 Å². The number of nitrogens with one attached hydrogen (secondary N) is 1. The number of primary sulfonamides is 1. The summed E-state index contributed by atoms with van der Waals surface area (Å²) in [7, 11) is -3.91. The number of nitrogens with two attached hydrogens (primary N) is 1. The lowest BCUT2D eigenvalue weighted by molar-refractivity contribution is -0.138. The van der Waals surface area contributed by atoms with E-state index >= 15 is 0 Å². The first-order valence-corrected chi connectivity index (χ1v) is 14.7. The van der Waals surface area contributed by atoms with Crippen molar-refractivity contribution in [2.24, 2.45) is 11.1 Å². The maximum atomic E-state index is 13.0. The SMILES string of the molecule is CC(C)[C@@H](CNC(CC(=O)O)c1ccc(C(F)(F)F)cc1)n1cc(COc2ccc3nc(S(N)(=O)=O)sc3c2)nn1. The number of hydrogen-bond donors (Lipinski definition) is 3. The lowest BCUT2D eigenvalue weighted by Crippen LogP contribution is -2.33. The van der Waals surface area contributed by atoms with Gasteiger partial charge in [0.05, 0.1) is 34.4 Å². The molecule has 2 aromatic heterocycles. The molecule has 0 radical (unpaired) electrons. The van der Waals surface area contributed by atoms with Crippen LogP contribution in [0.3, 0.4) is 0 Å². The Morgan fingerprint density at radius 1 is 1.20 bits per heavy atom. The predicted octanol–water partition coefficient (Wildman–Crippen LogP) is 4.14. The van der Waals surface area contributed by atoms with Gasteiger partial charge >= 0.3 is 12.1 Å². The zero-order chi connectivity index (χ0) is 29.9. The number of carboxylic acid groups (broad SMARTS) is 1. The number of halogens is 3. The average Bonchev–Trinajstić information content (AvgIpc) is 3.53. The molecule has 11 nitrogen and oxygen atoms in total. The van der Waals surface area contributed by atoms with Crippen LogP contribution in [0.15, 0.2) is 53.0 Å². The van der Waals surface area contributed by atoms with E-state index in [9.17, 15) is 31.5 Å². The van der Waals surface area contributed by atoms with E-state index in [4.69, 9.17) is 9.88 Å². The number of ether oxygens (including phenoxy) is 1. The number of carboxylic acids is 1. The second kappa shape index (κ2) is 12.1. The minimum atomic E-state index is -4.49. The maximum absolute atomic E-state index is 13.0. The lowest BCUT2D eigenvalue weighted by Gasteiger charge is -2.25. The number of thiazole rings is 1. The summed E-state index contributed by atoms with van der Waals surface area (Å²) in [6, 6.07) is 8.35. The molecule has 0 fully saturated rings. The predicted molar refractivity (Wildman–Crippen MR) is 144 cm³/mol. The van der Waals surface area contributed by atoms with Crippen LogP contribution in [0.2, 0.25) is 0 Å². The highest BCUT2D eigenvalue weighted by Crippen LogP contribution is 2.31. The molecule has 0 bridgehead atoms. The number of aliphatic carboxylic acids is 1. The van der Waals surface area contributed by atoms with Gasteiger partial charge in [0.1, 0.15) is 18.1 Å². The number of hydrogen-bond acceptors (Lipinski definition) is 9. The van der Waals surface area contributed by atoms with Gasteiger partial charge in [0, 0.05) is 12.6 Å². The minimum absolute atomic E-state index is 0.0396.